The van der Waals surface area contributed by atoms with Crippen molar-refractivity contribution in [2.45, 2.75) is 45.1 Å². The summed E-state index contributed by atoms with van der Waals surface area (Å²) in [6.07, 6.45) is 8.58. The maximum Gasteiger partial charge on any atom is 0.296 e. The van der Waals surface area contributed by atoms with E-state index in [2.05, 4.69) is 65.3 Å². The molecule has 0 bridgehead atoms. The molecule has 2 aromatic heterocycles. The number of aromatic nitrogens is 4. The molecule has 194 valence electrons. The molecule has 3 aromatic rings. The van der Waals surface area contributed by atoms with Crippen LogP contribution in [0.1, 0.15) is 54.6 Å². The molecular weight excluding hydrogens is 476 g/mol. The summed E-state index contributed by atoms with van der Waals surface area (Å²) in [4.78, 5) is 25.3. The number of pyridine rings is 1. The van der Waals surface area contributed by atoms with Crippen molar-refractivity contribution in [3.8, 4) is 11.8 Å². The van der Waals surface area contributed by atoms with E-state index >= 15 is 0 Å². The summed E-state index contributed by atoms with van der Waals surface area (Å²) in [5, 5.41) is 11.8. The van der Waals surface area contributed by atoms with Gasteiger partial charge in [0.1, 0.15) is 0 Å². The minimum Gasteiger partial charge on any atom is -0.354 e. The molecular formula is C29H32N8O. The number of aryl methyl sites for hydroxylation is 1. The third kappa shape index (κ3) is 4.45. The summed E-state index contributed by atoms with van der Waals surface area (Å²) in [7, 11) is 0. The van der Waals surface area contributed by atoms with Gasteiger partial charge in [-0.25, -0.2) is 4.98 Å². The second kappa shape index (κ2) is 10.0. The smallest absolute Gasteiger partial charge is 0.296 e. The van der Waals surface area contributed by atoms with Crippen molar-refractivity contribution in [3.63, 3.8) is 0 Å². The summed E-state index contributed by atoms with van der Waals surface area (Å²) >= 11 is 0. The zero-order valence-electron chi connectivity index (χ0n) is 21.7. The molecule has 0 saturated carbocycles. The van der Waals surface area contributed by atoms with Crippen LogP contribution in [-0.2, 0) is 17.6 Å². The van der Waals surface area contributed by atoms with E-state index in [1.165, 1.54) is 5.56 Å². The van der Waals surface area contributed by atoms with Gasteiger partial charge in [-0.1, -0.05) is 12.0 Å². The molecule has 1 spiro atoms. The maximum atomic E-state index is 11.7. The Morgan fingerprint density at radius 3 is 2.84 bits per heavy atom. The van der Waals surface area contributed by atoms with Crippen LogP contribution < -0.4 is 20.9 Å². The van der Waals surface area contributed by atoms with Crippen LogP contribution >= 0.6 is 0 Å². The topological polar surface area (TPSA) is 113 Å². The average Bonchev–Trinajstić information content (AvgIpc) is 3.22. The fourth-order valence-electron chi connectivity index (χ4n) is 6.08. The Balaban J connectivity index is 1.12. The van der Waals surface area contributed by atoms with Crippen LogP contribution in [0.4, 0.5) is 17.5 Å². The number of carbonyl (C=O) groups excluding carboxylic acids is 1. The van der Waals surface area contributed by atoms with E-state index in [4.69, 9.17) is 5.73 Å². The lowest BCUT2D eigenvalue weighted by Gasteiger charge is -2.42. The number of nitrogens with two attached hydrogens (primary N) is 1. The number of nitrogens with one attached hydrogen (secondary N) is 1. The van der Waals surface area contributed by atoms with Gasteiger partial charge in [-0.15, -0.1) is 10.2 Å². The monoisotopic (exact) mass is 508 g/mol. The number of rotatable bonds is 3. The van der Waals surface area contributed by atoms with Gasteiger partial charge in [0.15, 0.2) is 5.82 Å². The molecule has 1 fully saturated rings. The molecule has 3 N–H and O–H groups in total. The highest BCUT2D eigenvalue weighted by molar-refractivity contribution is 5.94. The first-order chi connectivity index (χ1) is 18.6. The van der Waals surface area contributed by atoms with Crippen molar-refractivity contribution in [2.24, 2.45) is 11.1 Å². The summed E-state index contributed by atoms with van der Waals surface area (Å²) in [5.74, 6) is 6.80. The summed E-state index contributed by atoms with van der Waals surface area (Å²) in [6, 6.07) is 10.2. The van der Waals surface area contributed by atoms with Gasteiger partial charge in [-0.05, 0) is 79.8 Å². The Kier molecular flexibility index (Phi) is 6.42. The maximum absolute atomic E-state index is 11.7. The third-order valence-electron chi connectivity index (χ3n) is 8.16. The number of anilines is 3. The van der Waals surface area contributed by atoms with Crippen molar-refractivity contribution in [3.05, 3.63) is 65.1 Å². The zero-order chi connectivity index (χ0) is 26.1. The zero-order valence-corrected chi connectivity index (χ0v) is 21.7. The van der Waals surface area contributed by atoms with Crippen LogP contribution in [0, 0.1) is 17.3 Å². The van der Waals surface area contributed by atoms with E-state index in [9.17, 15) is 4.79 Å². The molecule has 1 aromatic carbocycles. The van der Waals surface area contributed by atoms with Crippen LogP contribution in [-0.4, -0.2) is 52.3 Å². The highest BCUT2D eigenvalue weighted by Gasteiger charge is 2.46. The van der Waals surface area contributed by atoms with Crippen LogP contribution in [0.3, 0.4) is 0 Å². The lowest BCUT2D eigenvalue weighted by Crippen LogP contribution is -2.44. The van der Waals surface area contributed by atoms with Gasteiger partial charge in [-0.2, -0.15) is 0 Å². The number of fused-ring (bicyclic) bond motifs is 2. The predicted molar refractivity (Wildman–Crippen MR) is 146 cm³/mol. The summed E-state index contributed by atoms with van der Waals surface area (Å²) in [6.45, 7) is 5.03. The first-order valence-electron chi connectivity index (χ1n) is 13.4. The van der Waals surface area contributed by atoms with Gasteiger partial charge in [-0.3, -0.25) is 9.78 Å². The number of piperidine rings is 1. The number of carbonyl (C=O) groups is 1. The number of amides is 1. The van der Waals surface area contributed by atoms with Gasteiger partial charge in [0.2, 0.25) is 5.95 Å². The molecule has 38 heavy (non-hydrogen) atoms. The van der Waals surface area contributed by atoms with Crippen molar-refractivity contribution in [1.29, 1.82) is 0 Å². The fourth-order valence-corrected chi connectivity index (χ4v) is 6.08. The molecule has 1 atom stereocenters. The quantitative estimate of drug-likeness (QED) is 0.520. The van der Waals surface area contributed by atoms with Gasteiger partial charge in [0, 0.05) is 49.9 Å². The Labute approximate surface area is 222 Å². The number of nitrogens with zero attached hydrogens (tertiary/aromatic N) is 6. The SMILES string of the molecule is CCNC(=O)C#Cc1ccc2c(c1)[C@@H](N)C1(CCN(c3cnc(N4CCCc5ncccc54)nn3)CC1)C2. The molecule has 0 unspecified atom stereocenters. The summed E-state index contributed by atoms with van der Waals surface area (Å²) < 4.78 is 0. The molecule has 1 saturated heterocycles. The first kappa shape index (κ1) is 24.3. The van der Waals surface area contributed by atoms with Crippen molar-refractivity contribution < 1.29 is 4.79 Å². The molecule has 3 aliphatic rings. The van der Waals surface area contributed by atoms with Gasteiger partial charge in [0.05, 0.1) is 17.6 Å². The average molecular weight is 509 g/mol. The minimum absolute atomic E-state index is 0.0236. The molecule has 1 aliphatic carbocycles. The largest absolute Gasteiger partial charge is 0.354 e. The van der Waals surface area contributed by atoms with Crippen molar-refractivity contribution in [1.82, 2.24) is 25.5 Å². The normalized spacial score (nSPS) is 19.4. The highest BCUT2D eigenvalue weighted by Crippen LogP contribution is 2.51. The number of hydrogen-bond donors (Lipinski definition) is 2. The second-order valence-corrected chi connectivity index (χ2v) is 10.4. The lowest BCUT2D eigenvalue weighted by atomic mass is 9.73. The molecule has 6 rings (SSSR count). The van der Waals surface area contributed by atoms with Crippen LogP contribution in [0.15, 0.2) is 42.7 Å². The van der Waals surface area contributed by atoms with E-state index in [0.717, 1.165) is 80.1 Å². The number of hydrogen-bond acceptors (Lipinski definition) is 8. The summed E-state index contributed by atoms with van der Waals surface area (Å²) in [5.41, 5.74) is 12.3. The standard InChI is InChI=1S/C29H32N8O/c1-2-31-26(38)10-8-20-7-9-21-18-29(27(30)22(21)17-20)11-15-36(16-12-29)25-19-33-28(35-34-25)37-14-4-5-23-24(37)6-3-13-32-23/h3,6-7,9,13,17,19,27H,2,4-5,11-12,14-16,18,30H2,1H3,(H,31,38)/t27-/m1/s1. The number of benzene rings is 1. The lowest BCUT2D eigenvalue weighted by molar-refractivity contribution is -0.115. The molecule has 0 radical (unpaired) electrons. The van der Waals surface area contributed by atoms with E-state index < -0.39 is 0 Å². The van der Waals surface area contributed by atoms with Gasteiger partial charge in [0.25, 0.3) is 5.91 Å². The minimum atomic E-state index is -0.260. The highest BCUT2D eigenvalue weighted by atomic mass is 16.1. The Hall–Kier alpha value is -4.03. The predicted octanol–water partition coefficient (Wildman–Crippen LogP) is 2.68. The van der Waals surface area contributed by atoms with Crippen LogP contribution in [0.5, 0.6) is 0 Å². The van der Waals surface area contributed by atoms with Crippen LogP contribution in [0.25, 0.3) is 0 Å². The van der Waals surface area contributed by atoms with Crippen molar-refractivity contribution >= 4 is 23.4 Å². The molecule has 4 heterocycles. The Morgan fingerprint density at radius 2 is 2.05 bits per heavy atom. The molecule has 9 heteroatoms. The Bertz CT molecular complexity index is 1400. The van der Waals surface area contributed by atoms with Crippen LogP contribution in [0.2, 0.25) is 0 Å². The third-order valence-corrected chi connectivity index (χ3v) is 8.16. The second-order valence-electron chi connectivity index (χ2n) is 10.4. The van der Waals surface area contributed by atoms with E-state index in [1.807, 2.05) is 31.5 Å². The first-order valence-corrected chi connectivity index (χ1v) is 13.4. The molecule has 9 nitrogen and oxygen atoms in total. The van der Waals surface area contributed by atoms with Gasteiger partial charge < -0.3 is 20.9 Å². The van der Waals surface area contributed by atoms with Crippen molar-refractivity contribution in [2.75, 3.05) is 36.0 Å². The molecule has 1 amide bonds. The van der Waals surface area contributed by atoms with Gasteiger partial charge >= 0.3 is 0 Å². The van der Waals surface area contributed by atoms with E-state index in [0.29, 0.717) is 12.5 Å². The Morgan fingerprint density at radius 1 is 1.18 bits per heavy atom. The van der Waals surface area contributed by atoms with E-state index in [-0.39, 0.29) is 17.4 Å². The van der Waals surface area contributed by atoms with E-state index in [1.54, 1.807) is 0 Å². The fraction of sp³-hybridized carbons (Fsp3) is 0.414. The molecule has 2 aliphatic heterocycles.